The van der Waals surface area contributed by atoms with Crippen molar-refractivity contribution in [2.45, 2.75) is 38.8 Å². The van der Waals surface area contributed by atoms with Gasteiger partial charge in [0.05, 0.1) is 12.4 Å². The molecule has 3 atom stereocenters. The van der Waals surface area contributed by atoms with Crippen molar-refractivity contribution in [3.8, 4) is 0 Å². The van der Waals surface area contributed by atoms with Crippen LogP contribution < -0.4 is 5.32 Å². The van der Waals surface area contributed by atoms with Crippen LogP contribution in [0.25, 0.3) is 11.2 Å². The maximum Gasteiger partial charge on any atom is 0.256 e. The molecule has 0 aromatic carbocycles. The van der Waals surface area contributed by atoms with E-state index in [2.05, 4.69) is 51.3 Å². The highest BCUT2D eigenvalue weighted by Crippen LogP contribution is 2.43. The van der Waals surface area contributed by atoms with Crippen LogP contribution in [0.1, 0.15) is 26.7 Å². The Kier molecular flexibility index (Phi) is 4.01. The van der Waals surface area contributed by atoms with Gasteiger partial charge in [0.25, 0.3) is 5.91 Å². The summed E-state index contributed by atoms with van der Waals surface area (Å²) in [6, 6.07) is 0.143. The predicted octanol–water partition coefficient (Wildman–Crippen LogP) is 3.36. The fourth-order valence-corrected chi connectivity index (χ4v) is 4.35. The summed E-state index contributed by atoms with van der Waals surface area (Å²) in [5.74, 6) is 0.935. The Morgan fingerprint density at radius 3 is 2.93 bits per heavy atom. The quantitative estimate of drug-likeness (QED) is 0.827. The maximum absolute atomic E-state index is 13.4. The Bertz CT molecular complexity index is 1050. The number of hydrogen-bond acceptors (Lipinski definition) is 5. The number of allylic oxidation sites excluding steroid dienone is 4. The van der Waals surface area contributed by atoms with Crippen LogP contribution in [0.4, 0.5) is 5.82 Å². The average molecular weight is 397 g/mol. The molecular formula is C20H21ClN6O. The minimum Gasteiger partial charge on any atom is -0.360 e. The van der Waals surface area contributed by atoms with Gasteiger partial charge in [-0.3, -0.25) is 4.79 Å². The molecule has 1 saturated carbocycles. The number of anilines is 1. The lowest BCUT2D eigenvalue weighted by atomic mass is 9.79. The number of H-pyrrole nitrogens is 1. The number of nitrogens with one attached hydrogen (secondary N) is 2. The SMILES string of the molecule is CC(Nc1ncnc2nc[nH]c12)C1=CC2C(=C(Cl)C=CC2C)C(=O)N1C1CC1. The molecule has 8 heteroatoms. The van der Waals surface area contributed by atoms with Gasteiger partial charge in [-0.25, -0.2) is 15.0 Å². The van der Waals surface area contributed by atoms with Gasteiger partial charge in [-0.2, -0.15) is 0 Å². The molecule has 3 heterocycles. The Morgan fingerprint density at radius 1 is 1.32 bits per heavy atom. The van der Waals surface area contributed by atoms with Gasteiger partial charge in [-0.1, -0.05) is 30.7 Å². The highest BCUT2D eigenvalue weighted by atomic mass is 35.5. The zero-order chi connectivity index (χ0) is 19.4. The molecule has 1 amide bonds. The van der Waals surface area contributed by atoms with E-state index < -0.39 is 0 Å². The van der Waals surface area contributed by atoms with Crippen molar-refractivity contribution in [2.75, 3.05) is 5.32 Å². The molecule has 2 aromatic heterocycles. The van der Waals surface area contributed by atoms with E-state index in [1.54, 1.807) is 6.33 Å². The summed E-state index contributed by atoms with van der Waals surface area (Å²) < 4.78 is 0. The normalized spacial score (nSPS) is 25.8. The Morgan fingerprint density at radius 2 is 2.14 bits per heavy atom. The molecule has 2 aromatic rings. The summed E-state index contributed by atoms with van der Waals surface area (Å²) in [4.78, 5) is 31.1. The Hall–Kier alpha value is -2.67. The Labute approximate surface area is 167 Å². The molecule has 3 aliphatic rings. The first kappa shape index (κ1) is 17.4. The topological polar surface area (TPSA) is 86.8 Å². The third-order valence-electron chi connectivity index (χ3n) is 5.71. The van der Waals surface area contributed by atoms with Crippen molar-refractivity contribution in [3.05, 3.63) is 47.2 Å². The van der Waals surface area contributed by atoms with E-state index in [-0.39, 0.29) is 29.8 Å². The largest absolute Gasteiger partial charge is 0.360 e. The molecule has 1 aliphatic heterocycles. The molecule has 7 nitrogen and oxygen atoms in total. The number of rotatable bonds is 4. The van der Waals surface area contributed by atoms with Gasteiger partial charge in [0.15, 0.2) is 11.5 Å². The fourth-order valence-electron chi connectivity index (χ4n) is 4.07. The van der Waals surface area contributed by atoms with Crippen LogP contribution in [0.15, 0.2) is 47.2 Å². The van der Waals surface area contributed by atoms with Crippen LogP contribution in [-0.4, -0.2) is 42.8 Å². The molecule has 0 bridgehead atoms. The molecule has 5 rings (SSSR count). The van der Waals surface area contributed by atoms with Gasteiger partial charge < -0.3 is 15.2 Å². The van der Waals surface area contributed by atoms with E-state index >= 15 is 0 Å². The number of imidazole rings is 1. The average Bonchev–Trinajstić information content (AvgIpc) is 3.39. The number of nitrogens with zero attached hydrogens (tertiary/aromatic N) is 4. The fraction of sp³-hybridized carbons (Fsp3) is 0.400. The minimum absolute atomic E-state index is 0.00294. The molecule has 0 spiro atoms. The second kappa shape index (κ2) is 6.44. The summed E-state index contributed by atoms with van der Waals surface area (Å²) in [7, 11) is 0. The van der Waals surface area contributed by atoms with Crippen molar-refractivity contribution >= 4 is 34.5 Å². The van der Waals surface area contributed by atoms with Gasteiger partial charge in [0, 0.05) is 28.3 Å². The molecule has 3 unspecified atom stereocenters. The van der Waals surface area contributed by atoms with Crippen LogP contribution in [0.5, 0.6) is 0 Å². The zero-order valence-corrected chi connectivity index (χ0v) is 16.4. The second-order valence-electron chi connectivity index (χ2n) is 7.69. The number of halogens is 1. The van der Waals surface area contributed by atoms with Crippen molar-refractivity contribution in [1.29, 1.82) is 0 Å². The van der Waals surface area contributed by atoms with Crippen molar-refractivity contribution in [3.63, 3.8) is 0 Å². The first-order chi connectivity index (χ1) is 13.5. The molecular weight excluding hydrogens is 376 g/mol. The number of hydrogen-bond donors (Lipinski definition) is 2. The van der Waals surface area contributed by atoms with Crippen molar-refractivity contribution in [2.24, 2.45) is 11.8 Å². The maximum atomic E-state index is 13.4. The van der Waals surface area contributed by atoms with Gasteiger partial charge in [-0.15, -0.1) is 0 Å². The van der Waals surface area contributed by atoms with E-state index in [9.17, 15) is 4.79 Å². The van der Waals surface area contributed by atoms with Crippen LogP contribution in [0, 0.1) is 11.8 Å². The van der Waals surface area contributed by atoms with Gasteiger partial charge >= 0.3 is 0 Å². The number of fused-ring (bicyclic) bond motifs is 2. The van der Waals surface area contributed by atoms with Gasteiger partial charge in [0.2, 0.25) is 0 Å². The van der Waals surface area contributed by atoms with E-state index in [1.165, 1.54) is 6.33 Å². The molecule has 0 radical (unpaired) electrons. The first-order valence-corrected chi connectivity index (χ1v) is 9.96. The first-order valence-electron chi connectivity index (χ1n) is 9.58. The minimum atomic E-state index is -0.107. The number of carbonyl (C=O) groups excluding carboxylic acids is 1. The van der Waals surface area contributed by atoms with Crippen molar-refractivity contribution in [1.82, 2.24) is 24.8 Å². The summed E-state index contributed by atoms with van der Waals surface area (Å²) in [6.45, 7) is 4.17. The summed E-state index contributed by atoms with van der Waals surface area (Å²) in [5.41, 5.74) is 3.07. The third kappa shape index (κ3) is 2.73. The lowest BCUT2D eigenvalue weighted by molar-refractivity contribution is -0.127. The molecule has 2 aliphatic carbocycles. The lowest BCUT2D eigenvalue weighted by Gasteiger charge is -2.39. The van der Waals surface area contributed by atoms with Crippen LogP contribution in [-0.2, 0) is 4.79 Å². The van der Waals surface area contributed by atoms with Crippen molar-refractivity contribution < 1.29 is 4.79 Å². The summed E-state index contributed by atoms with van der Waals surface area (Å²) in [5, 5.41) is 4.00. The van der Waals surface area contributed by atoms with Crippen LogP contribution in [0.3, 0.4) is 0 Å². The number of carbonyl (C=O) groups is 1. The smallest absolute Gasteiger partial charge is 0.256 e. The standard InChI is InChI=1S/C20H21ClN6O/c1-10-3-6-14(21)16-13(10)7-15(27(20(16)28)12-4-5-12)11(2)26-19-17-18(23-8-22-17)24-9-25-19/h3,6-13H,4-5H2,1-2H3,(H2,22,23,24,25,26). The highest BCUT2D eigenvalue weighted by Gasteiger charge is 2.44. The number of amides is 1. The molecule has 144 valence electrons. The monoisotopic (exact) mass is 396 g/mol. The van der Waals surface area contributed by atoms with E-state index in [4.69, 9.17) is 11.6 Å². The second-order valence-corrected chi connectivity index (χ2v) is 8.10. The number of aromatic nitrogens is 4. The predicted molar refractivity (Wildman–Crippen MR) is 107 cm³/mol. The summed E-state index contributed by atoms with van der Waals surface area (Å²) >= 11 is 6.42. The van der Waals surface area contributed by atoms with Crippen LogP contribution in [0.2, 0.25) is 0 Å². The van der Waals surface area contributed by atoms with E-state index in [0.29, 0.717) is 16.5 Å². The highest BCUT2D eigenvalue weighted by molar-refractivity contribution is 6.33. The summed E-state index contributed by atoms with van der Waals surface area (Å²) in [6.07, 6.45) is 11.3. The Balaban J connectivity index is 1.53. The molecule has 0 saturated heterocycles. The molecule has 28 heavy (non-hydrogen) atoms. The van der Waals surface area contributed by atoms with E-state index in [0.717, 1.165) is 29.6 Å². The van der Waals surface area contributed by atoms with Gasteiger partial charge in [0.1, 0.15) is 11.8 Å². The molecule has 1 fully saturated rings. The van der Waals surface area contributed by atoms with E-state index in [1.807, 2.05) is 11.0 Å². The third-order valence-corrected chi connectivity index (χ3v) is 6.04. The zero-order valence-electron chi connectivity index (χ0n) is 15.7. The number of aromatic amines is 1. The van der Waals surface area contributed by atoms with Crippen LogP contribution >= 0.6 is 11.6 Å². The molecule has 2 N–H and O–H groups in total. The van der Waals surface area contributed by atoms with Gasteiger partial charge in [-0.05, 0) is 31.8 Å². The lowest BCUT2D eigenvalue weighted by Crippen LogP contribution is -2.45.